The molecule has 3 aliphatic rings. The first kappa shape index (κ1) is 15.3. The topological polar surface area (TPSA) is 41.5 Å². The lowest BCUT2D eigenvalue weighted by Gasteiger charge is -2.48. The molecule has 5 nitrogen and oxygen atoms in total. The normalized spacial score (nSPS) is 28.4. The standard InChI is InChI=1S/C18H28N4O/c1-15-2-3-17(20-19-15)22-11-7-18(8-12-22)5-9-21(10-6-18)16-4-13-23-14-16/h2-3,16H,4-14H2,1H3/t16-/m0/s1. The monoisotopic (exact) mass is 316 g/mol. The van der Waals surface area contributed by atoms with Gasteiger partial charge in [-0.05, 0) is 69.7 Å². The highest BCUT2D eigenvalue weighted by atomic mass is 16.5. The minimum absolute atomic E-state index is 0.574. The number of likely N-dealkylation sites (tertiary alicyclic amines) is 1. The van der Waals surface area contributed by atoms with Crippen LogP contribution < -0.4 is 4.90 Å². The number of nitrogens with zero attached hydrogens (tertiary/aromatic N) is 4. The highest BCUT2D eigenvalue weighted by Gasteiger charge is 2.39. The first-order valence-electron chi connectivity index (χ1n) is 9.11. The molecule has 4 rings (SSSR count). The fourth-order valence-electron chi connectivity index (χ4n) is 4.44. The van der Waals surface area contributed by atoms with Gasteiger partial charge in [-0.3, -0.25) is 4.90 Å². The number of anilines is 1. The van der Waals surface area contributed by atoms with Crippen LogP contribution in [0.1, 0.15) is 37.8 Å². The molecule has 0 saturated carbocycles. The van der Waals surface area contributed by atoms with Gasteiger partial charge in [-0.2, -0.15) is 5.10 Å². The van der Waals surface area contributed by atoms with Gasteiger partial charge in [-0.1, -0.05) is 0 Å². The Balaban J connectivity index is 1.32. The largest absolute Gasteiger partial charge is 0.380 e. The van der Waals surface area contributed by atoms with Crippen molar-refractivity contribution in [2.45, 2.75) is 45.1 Å². The number of rotatable bonds is 2. The fourth-order valence-corrected chi connectivity index (χ4v) is 4.44. The second-order valence-corrected chi connectivity index (χ2v) is 7.57. The minimum atomic E-state index is 0.574. The van der Waals surface area contributed by atoms with Crippen LogP contribution in [0.15, 0.2) is 12.1 Å². The minimum Gasteiger partial charge on any atom is -0.380 e. The molecular formula is C18H28N4O. The van der Waals surface area contributed by atoms with Gasteiger partial charge in [-0.25, -0.2) is 0 Å². The van der Waals surface area contributed by atoms with E-state index in [9.17, 15) is 0 Å². The first-order valence-corrected chi connectivity index (χ1v) is 9.11. The van der Waals surface area contributed by atoms with Gasteiger partial charge >= 0.3 is 0 Å². The van der Waals surface area contributed by atoms with Crippen LogP contribution in [0.5, 0.6) is 0 Å². The molecule has 5 heteroatoms. The summed E-state index contributed by atoms with van der Waals surface area (Å²) in [6.45, 7) is 8.68. The van der Waals surface area contributed by atoms with Gasteiger partial charge in [0.05, 0.1) is 12.3 Å². The Morgan fingerprint density at radius 2 is 1.78 bits per heavy atom. The summed E-state index contributed by atoms with van der Waals surface area (Å²) in [6.07, 6.45) is 6.55. The van der Waals surface area contributed by atoms with E-state index in [4.69, 9.17) is 4.74 Å². The van der Waals surface area contributed by atoms with E-state index in [1.165, 1.54) is 45.2 Å². The summed E-state index contributed by atoms with van der Waals surface area (Å²) in [5, 5.41) is 8.56. The summed E-state index contributed by atoms with van der Waals surface area (Å²) < 4.78 is 5.56. The lowest BCUT2D eigenvalue weighted by molar-refractivity contribution is 0.0493. The van der Waals surface area contributed by atoms with Gasteiger partial charge in [0.1, 0.15) is 0 Å². The van der Waals surface area contributed by atoms with Crippen LogP contribution in [-0.2, 0) is 4.74 Å². The molecule has 0 amide bonds. The molecule has 1 spiro atoms. The molecular weight excluding hydrogens is 288 g/mol. The molecule has 3 fully saturated rings. The summed E-state index contributed by atoms with van der Waals surface area (Å²) >= 11 is 0. The number of ether oxygens (including phenoxy) is 1. The molecule has 0 unspecified atom stereocenters. The summed E-state index contributed by atoms with van der Waals surface area (Å²) in [6, 6.07) is 4.87. The number of hydrogen-bond acceptors (Lipinski definition) is 5. The first-order chi connectivity index (χ1) is 11.2. The Morgan fingerprint density at radius 3 is 2.39 bits per heavy atom. The smallest absolute Gasteiger partial charge is 0.151 e. The van der Waals surface area contributed by atoms with E-state index in [1.54, 1.807) is 0 Å². The summed E-state index contributed by atoms with van der Waals surface area (Å²) in [4.78, 5) is 5.09. The van der Waals surface area contributed by atoms with Crippen molar-refractivity contribution in [2.24, 2.45) is 5.41 Å². The van der Waals surface area contributed by atoms with Crippen molar-refractivity contribution < 1.29 is 4.74 Å². The van der Waals surface area contributed by atoms with Gasteiger partial charge in [0.15, 0.2) is 5.82 Å². The molecule has 0 aliphatic carbocycles. The van der Waals surface area contributed by atoms with Gasteiger partial charge in [-0.15, -0.1) is 5.10 Å². The molecule has 0 bridgehead atoms. The van der Waals surface area contributed by atoms with Gasteiger partial charge in [0, 0.05) is 25.7 Å². The second kappa shape index (κ2) is 6.36. The van der Waals surface area contributed by atoms with E-state index in [0.29, 0.717) is 11.5 Å². The third-order valence-electron chi connectivity index (χ3n) is 6.21. The van der Waals surface area contributed by atoms with Gasteiger partial charge in [0.2, 0.25) is 0 Å². The van der Waals surface area contributed by atoms with Crippen LogP contribution in [0.2, 0.25) is 0 Å². The molecule has 23 heavy (non-hydrogen) atoms. The third kappa shape index (κ3) is 3.22. The molecule has 1 aromatic heterocycles. The Hall–Kier alpha value is -1.20. The Bertz CT molecular complexity index is 508. The fraction of sp³-hybridized carbons (Fsp3) is 0.778. The van der Waals surface area contributed by atoms with Crippen LogP contribution in [0.3, 0.4) is 0 Å². The summed E-state index contributed by atoms with van der Waals surface area (Å²) in [5.41, 5.74) is 1.57. The molecule has 1 aromatic rings. The van der Waals surface area contributed by atoms with Crippen LogP contribution in [0.25, 0.3) is 0 Å². The Morgan fingerprint density at radius 1 is 1.04 bits per heavy atom. The van der Waals surface area contributed by atoms with Crippen molar-refractivity contribution in [3.63, 3.8) is 0 Å². The molecule has 1 atom stereocenters. The van der Waals surface area contributed by atoms with Crippen LogP contribution in [0, 0.1) is 12.3 Å². The zero-order valence-electron chi connectivity index (χ0n) is 14.2. The van der Waals surface area contributed by atoms with Gasteiger partial charge < -0.3 is 9.64 Å². The van der Waals surface area contributed by atoms with Crippen molar-refractivity contribution in [1.29, 1.82) is 0 Å². The van der Waals surface area contributed by atoms with Crippen molar-refractivity contribution in [2.75, 3.05) is 44.3 Å². The number of piperidine rings is 2. The van der Waals surface area contributed by atoms with Crippen molar-refractivity contribution >= 4 is 5.82 Å². The predicted molar refractivity (Wildman–Crippen MR) is 90.7 cm³/mol. The van der Waals surface area contributed by atoms with Crippen LogP contribution >= 0.6 is 0 Å². The molecule has 3 saturated heterocycles. The quantitative estimate of drug-likeness (QED) is 0.837. The van der Waals surface area contributed by atoms with Crippen molar-refractivity contribution in [3.05, 3.63) is 17.8 Å². The number of aryl methyl sites for hydroxylation is 1. The summed E-state index contributed by atoms with van der Waals surface area (Å²) in [5.74, 6) is 1.05. The van der Waals surface area contributed by atoms with Crippen molar-refractivity contribution in [1.82, 2.24) is 15.1 Å². The van der Waals surface area contributed by atoms with Crippen molar-refractivity contribution in [3.8, 4) is 0 Å². The molecule has 0 N–H and O–H groups in total. The van der Waals surface area contributed by atoms with E-state index in [1.807, 2.05) is 6.92 Å². The molecule has 3 aliphatic heterocycles. The van der Waals surface area contributed by atoms with E-state index in [-0.39, 0.29) is 0 Å². The lowest BCUT2D eigenvalue weighted by Crippen LogP contribution is -2.49. The lowest BCUT2D eigenvalue weighted by atomic mass is 9.71. The van der Waals surface area contributed by atoms with Crippen LogP contribution in [0.4, 0.5) is 5.82 Å². The van der Waals surface area contributed by atoms with E-state index in [0.717, 1.165) is 37.8 Å². The number of hydrogen-bond donors (Lipinski definition) is 0. The molecule has 0 aromatic carbocycles. The maximum absolute atomic E-state index is 5.56. The zero-order valence-corrected chi connectivity index (χ0v) is 14.2. The summed E-state index contributed by atoms with van der Waals surface area (Å²) in [7, 11) is 0. The predicted octanol–water partition coefficient (Wildman–Crippen LogP) is 2.26. The molecule has 4 heterocycles. The maximum Gasteiger partial charge on any atom is 0.151 e. The zero-order chi connectivity index (χ0) is 15.7. The second-order valence-electron chi connectivity index (χ2n) is 7.57. The third-order valence-corrected chi connectivity index (χ3v) is 6.21. The molecule has 0 radical (unpaired) electrons. The van der Waals surface area contributed by atoms with E-state index in [2.05, 4.69) is 32.1 Å². The Labute approximate surface area is 139 Å². The van der Waals surface area contributed by atoms with E-state index < -0.39 is 0 Å². The highest BCUT2D eigenvalue weighted by molar-refractivity contribution is 5.37. The maximum atomic E-state index is 5.56. The van der Waals surface area contributed by atoms with E-state index >= 15 is 0 Å². The molecule has 126 valence electrons. The SMILES string of the molecule is Cc1ccc(N2CCC3(CC2)CCN([C@H]2CCOC2)CC3)nn1. The van der Waals surface area contributed by atoms with Gasteiger partial charge in [0.25, 0.3) is 0 Å². The Kier molecular flexibility index (Phi) is 4.24. The number of aromatic nitrogens is 2. The average molecular weight is 316 g/mol. The van der Waals surface area contributed by atoms with Crippen LogP contribution in [-0.4, -0.2) is 60.5 Å². The average Bonchev–Trinajstić information content (AvgIpc) is 3.12. The highest BCUT2D eigenvalue weighted by Crippen LogP contribution is 2.42.